The van der Waals surface area contributed by atoms with Crippen molar-refractivity contribution in [3.05, 3.63) is 36.5 Å². The quantitative estimate of drug-likeness (QED) is 0.0320. The second-order valence-corrected chi connectivity index (χ2v) is 28.1. The third-order valence-electron chi connectivity index (χ3n) is 19.2. The number of esters is 1. The Balaban J connectivity index is 3.38. The number of hydrogen-bond acceptors (Lipinski definition) is 5. The topological polar surface area (TPSA) is 95.9 Å². The SMILES string of the molecule is CCCCCCCCCCCCCCCCCCCCC/C=C/C(O)C(CO)NC(=O)CCCCCCCCCCCCCCCCCCC/C=C\C/C=C\CCCCCCCCCCCCCCCOC(=O)CCCCCCCCCCCCCCCC. The highest BCUT2D eigenvalue weighted by atomic mass is 16.5. The fourth-order valence-electron chi connectivity index (χ4n) is 13.0. The molecule has 0 aliphatic rings. The zero-order valence-corrected chi connectivity index (χ0v) is 60.4. The maximum atomic E-state index is 12.5. The smallest absolute Gasteiger partial charge is 0.305 e. The average Bonchev–Trinajstić information content (AvgIpc) is 3.63. The summed E-state index contributed by atoms with van der Waals surface area (Å²) < 4.78 is 5.50. The van der Waals surface area contributed by atoms with Crippen LogP contribution in [0, 0.1) is 0 Å². The van der Waals surface area contributed by atoms with Crippen LogP contribution in [0.3, 0.4) is 0 Å². The number of unbranched alkanes of at least 4 members (excludes halogenated alkanes) is 62. The summed E-state index contributed by atoms with van der Waals surface area (Å²) in [7, 11) is 0. The Morgan fingerprint density at radius 2 is 0.562 bits per heavy atom. The van der Waals surface area contributed by atoms with Crippen molar-refractivity contribution in [1.29, 1.82) is 0 Å². The number of hydrogen-bond donors (Lipinski definition) is 3. The number of rotatable bonds is 77. The summed E-state index contributed by atoms with van der Waals surface area (Å²) >= 11 is 0. The Bertz CT molecular complexity index is 1440. The van der Waals surface area contributed by atoms with Gasteiger partial charge in [-0.1, -0.05) is 416 Å². The molecule has 0 aliphatic carbocycles. The lowest BCUT2D eigenvalue weighted by atomic mass is 10.0. The molecule has 0 saturated carbocycles. The second kappa shape index (κ2) is 78.5. The molecule has 0 bridgehead atoms. The predicted molar refractivity (Wildman–Crippen MR) is 393 cm³/mol. The van der Waals surface area contributed by atoms with E-state index in [9.17, 15) is 19.8 Å². The van der Waals surface area contributed by atoms with Crippen LogP contribution in [0.2, 0.25) is 0 Å². The highest BCUT2D eigenvalue weighted by Crippen LogP contribution is 2.20. The van der Waals surface area contributed by atoms with Crippen LogP contribution in [0.4, 0.5) is 0 Å². The van der Waals surface area contributed by atoms with Crippen LogP contribution in [0.15, 0.2) is 36.5 Å². The van der Waals surface area contributed by atoms with Gasteiger partial charge in [-0.3, -0.25) is 9.59 Å². The van der Waals surface area contributed by atoms with Crippen LogP contribution in [-0.4, -0.2) is 47.4 Å². The van der Waals surface area contributed by atoms with E-state index in [4.69, 9.17) is 4.74 Å². The Kier molecular flexibility index (Phi) is 76.8. The summed E-state index contributed by atoms with van der Waals surface area (Å²) in [5.74, 6) is -0.0390. The van der Waals surface area contributed by atoms with Crippen molar-refractivity contribution in [3.8, 4) is 0 Å². The maximum absolute atomic E-state index is 12.5. The molecule has 3 N–H and O–H groups in total. The normalized spacial score (nSPS) is 12.6. The molecule has 0 fully saturated rings. The lowest BCUT2D eigenvalue weighted by Crippen LogP contribution is -2.45. The highest BCUT2D eigenvalue weighted by Gasteiger charge is 2.18. The summed E-state index contributed by atoms with van der Waals surface area (Å²) in [5.41, 5.74) is 0. The summed E-state index contributed by atoms with van der Waals surface area (Å²) in [4.78, 5) is 24.6. The molecule has 0 aliphatic heterocycles. The molecule has 1 amide bonds. The van der Waals surface area contributed by atoms with Crippen molar-refractivity contribution in [3.63, 3.8) is 0 Å². The highest BCUT2D eigenvalue weighted by molar-refractivity contribution is 5.76. The molecular weight excluding hydrogens is 1090 g/mol. The molecule has 0 radical (unpaired) electrons. The molecule has 0 rings (SSSR count). The van der Waals surface area contributed by atoms with Gasteiger partial charge in [-0.25, -0.2) is 0 Å². The minimum atomic E-state index is -0.844. The molecule has 6 heteroatoms. The van der Waals surface area contributed by atoms with Gasteiger partial charge in [0.2, 0.25) is 5.91 Å². The summed E-state index contributed by atoms with van der Waals surface area (Å²) in [6.45, 7) is 4.96. The third kappa shape index (κ3) is 75.0. The number of allylic oxidation sites excluding steroid dienone is 5. The maximum Gasteiger partial charge on any atom is 0.305 e. The van der Waals surface area contributed by atoms with E-state index in [0.717, 1.165) is 44.9 Å². The van der Waals surface area contributed by atoms with Gasteiger partial charge in [-0.2, -0.15) is 0 Å². The van der Waals surface area contributed by atoms with Crippen LogP contribution < -0.4 is 5.32 Å². The number of carbonyl (C=O) groups excluding carboxylic acids is 2. The van der Waals surface area contributed by atoms with Crippen molar-refractivity contribution in [2.75, 3.05) is 13.2 Å². The summed E-state index contributed by atoms with van der Waals surface area (Å²) in [6, 6.07) is -0.627. The van der Waals surface area contributed by atoms with Gasteiger partial charge in [-0.15, -0.1) is 0 Å². The van der Waals surface area contributed by atoms with Crippen molar-refractivity contribution >= 4 is 11.9 Å². The average molecular weight is 1250 g/mol. The summed E-state index contributed by atoms with van der Waals surface area (Å²) in [5, 5.41) is 23.3. The van der Waals surface area contributed by atoms with Crippen molar-refractivity contribution in [1.82, 2.24) is 5.32 Å². The lowest BCUT2D eigenvalue weighted by molar-refractivity contribution is -0.143. The first-order chi connectivity index (χ1) is 44.0. The number of nitrogens with one attached hydrogen (secondary N) is 1. The molecular formula is C83H159NO5. The molecule has 0 aromatic heterocycles. The molecule has 89 heavy (non-hydrogen) atoms. The minimum Gasteiger partial charge on any atom is -0.466 e. The first-order valence-corrected chi connectivity index (χ1v) is 40.8. The Labute approximate surface area is 557 Å². The van der Waals surface area contributed by atoms with E-state index in [-0.39, 0.29) is 18.5 Å². The van der Waals surface area contributed by atoms with Gasteiger partial charge in [0.05, 0.1) is 25.4 Å². The van der Waals surface area contributed by atoms with Gasteiger partial charge in [0.25, 0.3) is 0 Å². The monoisotopic (exact) mass is 1250 g/mol. The van der Waals surface area contributed by atoms with Gasteiger partial charge >= 0.3 is 5.97 Å². The zero-order valence-electron chi connectivity index (χ0n) is 60.4. The lowest BCUT2D eigenvalue weighted by Gasteiger charge is -2.20. The second-order valence-electron chi connectivity index (χ2n) is 28.1. The van der Waals surface area contributed by atoms with E-state index in [1.165, 1.54) is 385 Å². The number of ether oxygens (including phenoxy) is 1. The molecule has 0 aromatic carbocycles. The molecule has 0 aromatic rings. The number of amides is 1. The molecule has 0 heterocycles. The first kappa shape index (κ1) is 87.1. The first-order valence-electron chi connectivity index (χ1n) is 40.8. The van der Waals surface area contributed by atoms with E-state index in [1.54, 1.807) is 6.08 Å². The molecule has 2 unspecified atom stereocenters. The van der Waals surface area contributed by atoms with Crippen molar-refractivity contribution in [2.24, 2.45) is 0 Å². The van der Waals surface area contributed by atoms with Gasteiger partial charge in [0.1, 0.15) is 0 Å². The van der Waals surface area contributed by atoms with Crippen LogP contribution >= 0.6 is 0 Å². The van der Waals surface area contributed by atoms with E-state index in [1.807, 2.05) is 6.08 Å². The fourth-order valence-corrected chi connectivity index (χ4v) is 13.0. The molecule has 2 atom stereocenters. The molecule has 0 spiro atoms. The van der Waals surface area contributed by atoms with Gasteiger partial charge in [0.15, 0.2) is 0 Å². The number of aliphatic hydroxyl groups is 2. The third-order valence-corrected chi connectivity index (χ3v) is 19.2. The van der Waals surface area contributed by atoms with Crippen molar-refractivity contribution < 1.29 is 24.5 Å². The summed E-state index contributed by atoms with van der Waals surface area (Å²) in [6.07, 6.45) is 103. The standard InChI is InChI=1S/C83H159NO5/c1-3-5-7-9-11-13-15-17-19-20-21-39-42-45-48-51-55-59-63-67-71-75-81(86)80(79-85)84-82(87)76-72-68-64-60-56-52-49-46-43-40-37-35-33-31-29-27-25-23-22-24-26-28-30-32-34-36-38-41-44-47-50-54-58-62-66-70-74-78-89-83(88)77-73-69-65-61-57-53-18-16-14-12-10-8-6-4-2/h22,24,28,30,71,75,80-81,85-86H,3-21,23,25-27,29,31-70,72-74,76-79H2,1-2H3,(H,84,87)/b24-22-,30-28-,75-71+. The van der Waals surface area contributed by atoms with E-state index in [2.05, 4.69) is 43.5 Å². The Morgan fingerprint density at radius 3 is 0.854 bits per heavy atom. The van der Waals surface area contributed by atoms with Gasteiger partial charge in [0, 0.05) is 12.8 Å². The molecule has 6 nitrogen and oxygen atoms in total. The fraction of sp³-hybridized carbons (Fsp3) is 0.904. The molecule has 0 saturated heterocycles. The van der Waals surface area contributed by atoms with Crippen LogP contribution in [0.25, 0.3) is 0 Å². The van der Waals surface area contributed by atoms with Crippen LogP contribution in [0.5, 0.6) is 0 Å². The van der Waals surface area contributed by atoms with Crippen molar-refractivity contribution in [2.45, 2.75) is 469 Å². The van der Waals surface area contributed by atoms with Gasteiger partial charge in [-0.05, 0) is 64.2 Å². The minimum absolute atomic E-state index is 0.0216. The largest absolute Gasteiger partial charge is 0.466 e. The van der Waals surface area contributed by atoms with E-state index < -0.39 is 12.1 Å². The van der Waals surface area contributed by atoms with Crippen LogP contribution in [-0.2, 0) is 14.3 Å². The number of aliphatic hydroxyl groups excluding tert-OH is 2. The van der Waals surface area contributed by atoms with E-state index in [0.29, 0.717) is 19.4 Å². The zero-order chi connectivity index (χ0) is 64.2. The van der Waals surface area contributed by atoms with Gasteiger partial charge < -0.3 is 20.3 Å². The van der Waals surface area contributed by atoms with Crippen LogP contribution in [0.1, 0.15) is 457 Å². The Morgan fingerprint density at radius 1 is 0.315 bits per heavy atom. The predicted octanol–water partition coefficient (Wildman–Crippen LogP) is 27.0. The van der Waals surface area contributed by atoms with E-state index >= 15 is 0 Å². The Hall–Kier alpha value is -1.92. The molecule has 526 valence electrons. The number of carbonyl (C=O) groups is 2.